The maximum absolute atomic E-state index is 12.5. The van der Waals surface area contributed by atoms with Crippen LogP contribution in [0.5, 0.6) is 0 Å². The number of para-hydroxylation sites is 1. The number of nitro groups is 1. The largest absolute Gasteiger partial charge is 0.365 e. The maximum atomic E-state index is 12.5. The highest BCUT2D eigenvalue weighted by molar-refractivity contribution is 5.96. The average Bonchev–Trinajstić information content (AvgIpc) is 2.99. The number of fused-ring (bicyclic) bond motifs is 1. The van der Waals surface area contributed by atoms with Crippen molar-refractivity contribution in [2.75, 3.05) is 18.0 Å². The standard InChI is InChI=1S/C15H17N3O3/c1-2-17-12-8-4-3-7-11(12)13(16-9-5-6-10-16)14(15(17)19)18(20)21/h3-4,7-8H,2,5-6,9-10H2,1H3. The number of benzene rings is 1. The SMILES string of the molecule is CCn1c(=O)c([N+](=O)[O-])c(N2CCCC2)c2ccccc21. The second-order valence-corrected chi connectivity index (χ2v) is 5.22. The molecule has 1 aromatic carbocycles. The van der Waals surface area contributed by atoms with E-state index in [1.54, 1.807) is 0 Å². The van der Waals surface area contributed by atoms with Gasteiger partial charge >= 0.3 is 11.2 Å². The summed E-state index contributed by atoms with van der Waals surface area (Å²) in [6.07, 6.45) is 2.00. The highest BCUT2D eigenvalue weighted by Gasteiger charge is 2.30. The Bertz CT molecular complexity index is 761. The van der Waals surface area contributed by atoms with Gasteiger partial charge in [-0.25, -0.2) is 0 Å². The lowest BCUT2D eigenvalue weighted by atomic mass is 10.1. The van der Waals surface area contributed by atoms with E-state index >= 15 is 0 Å². The molecule has 0 amide bonds. The van der Waals surface area contributed by atoms with Gasteiger partial charge in [0.05, 0.1) is 10.4 Å². The van der Waals surface area contributed by atoms with Crippen molar-refractivity contribution < 1.29 is 4.92 Å². The molecule has 6 nitrogen and oxygen atoms in total. The molecular weight excluding hydrogens is 270 g/mol. The lowest BCUT2D eigenvalue weighted by molar-refractivity contribution is -0.385. The van der Waals surface area contributed by atoms with E-state index in [0.29, 0.717) is 12.2 Å². The van der Waals surface area contributed by atoms with Gasteiger partial charge in [0.15, 0.2) is 0 Å². The van der Waals surface area contributed by atoms with Gasteiger partial charge in [0.1, 0.15) is 5.69 Å². The zero-order valence-corrected chi connectivity index (χ0v) is 11.9. The first kappa shape index (κ1) is 13.6. The number of pyridine rings is 1. The number of rotatable bonds is 3. The number of nitrogens with zero attached hydrogens (tertiary/aromatic N) is 3. The van der Waals surface area contributed by atoms with Crippen LogP contribution in [0.1, 0.15) is 19.8 Å². The Hall–Kier alpha value is -2.37. The summed E-state index contributed by atoms with van der Waals surface area (Å²) in [6, 6.07) is 7.43. The minimum absolute atomic E-state index is 0.294. The Balaban J connectivity index is 2.45. The van der Waals surface area contributed by atoms with Crippen LogP contribution in [-0.2, 0) is 6.54 Å². The molecular formula is C15H17N3O3. The summed E-state index contributed by atoms with van der Waals surface area (Å²) in [5.74, 6) is 0. The fourth-order valence-corrected chi connectivity index (χ4v) is 3.11. The Morgan fingerprint density at radius 1 is 1.24 bits per heavy atom. The molecule has 2 aromatic rings. The molecule has 110 valence electrons. The first-order valence-electron chi connectivity index (χ1n) is 7.20. The van der Waals surface area contributed by atoms with Gasteiger partial charge < -0.3 is 9.47 Å². The summed E-state index contributed by atoms with van der Waals surface area (Å²) in [5, 5.41) is 12.3. The van der Waals surface area contributed by atoms with Crippen molar-refractivity contribution in [1.82, 2.24) is 4.57 Å². The van der Waals surface area contributed by atoms with E-state index in [1.165, 1.54) is 4.57 Å². The number of anilines is 1. The minimum Gasteiger partial charge on any atom is -0.365 e. The summed E-state index contributed by atoms with van der Waals surface area (Å²) >= 11 is 0. The molecule has 0 atom stereocenters. The molecule has 1 aliphatic rings. The van der Waals surface area contributed by atoms with Gasteiger partial charge in [-0.05, 0) is 25.8 Å². The summed E-state index contributed by atoms with van der Waals surface area (Å²) in [5.41, 5.74) is 0.445. The van der Waals surface area contributed by atoms with E-state index in [2.05, 4.69) is 0 Å². The van der Waals surface area contributed by atoms with Gasteiger partial charge in [-0.3, -0.25) is 14.9 Å². The number of hydrogen-bond acceptors (Lipinski definition) is 4. The van der Waals surface area contributed by atoms with E-state index in [4.69, 9.17) is 0 Å². The Morgan fingerprint density at radius 2 is 1.90 bits per heavy atom. The van der Waals surface area contributed by atoms with E-state index < -0.39 is 10.5 Å². The van der Waals surface area contributed by atoms with Crippen LogP contribution in [0.2, 0.25) is 0 Å². The van der Waals surface area contributed by atoms with Crippen LogP contribution in [0.25, 0.3) is 10.9 Å². The lowest BCUT2D eigenvalue weighted by Crippen LogP contribution is -2.28. The van der Waals surface area contributed by atoms with Gasteiger partial charge in [0.2, 0.25) is 0 Å². The molecule has 0 spiro atoms. The Labute approximate surface area is 121 Å². The highest BCUT2D eigenvalue weighted by Crippen LogP contribution is 2.35. The first-order chi connectivity index (χ1) is 10.1. The van der Waals surface area contributed by atoms with Crippen molar-refractivity contribution in [3.05, 3.63) is 44.7 Å². The molecule has 1 aliphatic heterocycles. The van der Waals surface area contributed by atoms with E-state index in [0.717, 1.165) is 36.8 Å². The second kappa shape index (κ2) is 5.20. The van der Waals surface area contributed by atoms with Crippen LogP contribution in [0, 0.1) is 10.1 Å². The molecule has 2 heterocycles. The summed E-state index contributed by atoms with van der Waals surface area (Å²) in [4.78, 5) is 25.4. The molecule has 0 radical (unpaired) electrons. The van der Waals surface area contributed by atoms with Gasteiger partial charge in [-0.1, -0.05) is 18.2 Å². The molecule has 0 unspecified atom stereocenters. The zero-order chi connectivity index (χ0) is 15.0. The first-order valence-corrected chi connectivity index (χ1v) is 7.20. The Morgan fingerprint density at radius 3 is 2.52 bits per heavy atom. The third-order valence-corrected chi connectivity index (χ3v) is 4.04. The van der Waals surface area contributed by atoms with Gasteiger partial charge in [-0.15, -0.1) is 0 Å². The predicted molar refractivity (Wildman–Crippen MR) is 82.0 cm³/mol. The van der Waals surface area contributed by atoms with Crippen LogP contribution in [0.3, 0.4) is 0 Å². The van der Waals surface area contributed by atoms with Gasteiger partial charge in [-0.2, -0.15) is 0 Å². The molecule has 21 heavy (non-hydrogen) atoms. The van der Waals surface area contributed by atoms with E-state index in [9.17, 15) is 14.9 Å². The topological polar surface area (TPSA) is 68.4 Å². The maximum Gasteiger partial charge on any atom is 0.357 e. The van der Waals surface area contributed by atoms with Crippen LogP contribution in [-0.4, -0.2) is 22.6 Å². The highest BCUT2D eigenvalue weighted by atomic mass is 16.6. The van der Waals surface area contributed by atoms with Crippen LogP contribution in [0.4, 0.5) is 11.4 Å². The van der Waals surface area contributed by atoms with Crippen molar-refractivity contribution in [3.8, 4) is 0 Å². The smallest absolute Gasteiger partial charge is 0.357 e. The van der Waals surface area contributed by atoms with Crippen molar-refractivity contribution in [3.63, 3.8) is 0 Å². The van der Waals surface area contributed by atoms with Crippen LogP contribution >= 0.6 is 0 Å². The molecule has 0 bridgehead atoms. The fraction of sp³-hybridized carbons (Fsp3) is 0.400. The van der Waals surface area contributed by atoms with Crippen molar-refractivity contribution in [1.29, 1.82) is 0 Å². The Kier molecular flexibility index (Phi) is 3.37. The molecule has 1 saturated heterocycles. The lowest BCUT2D eigenvalue weighted by Gasteiger charge is -2.21. The molecule has 6 heteroatoms. The third-order valence-electron chi connectivity index (χ3n) is 4.04. The summed E-state index contributed by atoms with van der Waals surface area (Å²) in [6.45, 7) is 3.77. The van der Waals surface area contributed by atoms with Crippen LogP contribution < -0.4 is 10.5 Å². The normalized spacial score (nSPS) is 14.8. The number of hydrogen-bond donors (Lipinski definition) is 0. The third kappa shape index (κ3) is 2.07. The van der Waals surface area contributed by atoms with Crippen molar-refractivity contribution in [2.24, 2.45) is 0 Å². The fourth-order valence-electron chi connectivity index (χ4n) is 3.11. The molecule has 0 N–H and O–H groups in total. The van der Waals surface area contributed by atoms with Gasteiger partial charge in [0.25, 0.3) is 0 Å². The molecule has 1 fully saturated rings. The van der Waals surface area contributed by atoms with Crippen LogP contribution in [0.15, 0.2) is 29.1 Å². The molecule has 0 saturated carbocycles. The van der Waals surface area contributed by atoms with Crippen molar-refractivity contribution in [2.45, 2.75) is 26.3 Å². The van der Waals surface area contributed by atoms with Crippen molar-refractivity contribution >= 4 is 22.3 Å². The average molecular weight is 287 g/mol. The molecule has 0 aliphatic carbocycles. The second-order valence-electron chi connectivity index (χ2n) is 5.22. The monoisotopic (exact) mass is 287 g/mol. The van der Waals surface area contributed by atoms with E-state index in [-0.39, 0.29) is 5.69 Å². The number of aromatic nitrogens is 1. The summed E-state index contributed by atoms with van der Waals surface area (Å²) in [7, 11) is 0. The molecule has 1 aromatic heterocycles. The van der Waals surface area contributed by atoms with Gasteiger partial charge in [0, 0.05) is 25.0 Å². The molecule has 3 rings (SSSR count). The number of aryl methyl sites for hydroxylation is 1. The zero-order valence-electron chi connectivity index (χ0n) is 11.9. The quantitative estimate of drug-likeness (QED) is 0.642. The van der Waals surface area contributed by atoms with E-state index in [1.807, 2.05) is 36.1 Å². The predicted octanol–water partition coefficient (Wildman–Crippen LogP) is 2.53. The minimum atomic E-state index is -0.533. The summed E-state index contributed by atoms with van der Waals surface area (Å²) < 4.78 is 1.48.